The highest BCUT2D eigenvalue weighted by molar-refractivity contribution is 8.02. The Morgan fingerprint density at radius 1 is 0.724 bits per heavy atom. The van der Waals surface area contributed by atoms with E-state index < -0.39 is 46.0 Å². The van der Waals surface area contributed by atoms with Crippen LogP contribution in [0.1, 0.15) is 89.4 Å². The predicted molar refractivity (Wildman–Crippen MR) is 325 cm³/mol. The Bertz CT molecular complexity index is 3440. The number of ether oxygens (including phenoxy) is 7. The molecule has 5 aromatic carbocycles. The molecule has 0 aliphatic carbocycles. The van der Waals surface area contributed by atoms with Crippen molar-refractivity contribution in [3.63, 3.8) is 0 Å². The Kier molecular flexibility index (Phi) is 19.2. The summed E-state index contributed by atoms with van der Waals surface area (Å²) >= 11 is 1.33. The molecule has 3 atom stereocenters. The number of imide groups is 2. The van der Waals surface area contributed by atoms with Crippen LogP contribution in [-0.2, 0) is 69.1 Å². The molecule has 5 heterocycles. The quantitative estimate of drug-likeness (QED) is 0.0301. The van der Waals surface area contributed by atoms with Gasteiger partial charge < -0.3 is 63.7 Å². The van der Waals surface area contributed by atoms with Crippen LogP contribution in [0.15, 0.2) is 91.0 Å². The van der Waals surface area contributed by atoms with Crippen molar-refractivity contribution >= 4 is 81.6 Å². The summed E-state index contributed by atoms with van der Waals surface area (Å²) in [4.78, 5) is 105. The zero-order valence-electron chi connectivity index (χ0n) is 49.8. The van der Waals surface area contributed by atoms with Gasteiger partial charge in [-0.15, -0.1) is 16.8 Å². The van der Waals surface area contributed by atoms with Crippen LogP contribution in [0.3, 0.4) is 0 Å². The molecule has 2 fully saturated rings. The number of hydrogen-bond donors (Lipinski definition) is 2. The molecular weight excluding hydrogens is 1140 g/mol. The Hall–Kier alpha value is -8.38. The molecule has 0 radical (unpaired) electrons. The van der Waals surface area contributed by atoms with Gasteiger partial charge in [-0.05, 0) is 98.3 Å². The zero-order chi connectivity index (χ0) is 61.5. The number of nitrogens with one attached hydrogen (secondary N) is 1. The van der Waals surface area contributed by atoms with Crippen molar-refractivity contribution in [2.45, 2.75) is 94.6 Å². The minimum absolute atomic E-state index is 0.00344. The first-order valence-electron chi connectivity index (χ1n) is 29.1. The van der Waals surface area contributed by atoms with Gasteiger partial charge in [0.15, 0.2) is 23.0 Å². The number of amides is 6. The van der Waals surface area contributed by atoms with Crippen molar-refractivity contribution in [3.8, 4) is 23.0 Å². The second kappa shape index (κ2) is 27.1. The van der Waals surface area contributed by atoms with Crippen LogP contribution in [0.5, 0.6) is 23.0 Å². The van der Waals surface area contributed by atoms with E-state index >= 15 is 0 Å². The topological polar surface area (TPSA) is 248 Å². The van der Waals surface area contributed by atoms with E-state index in [-0.39, 0.29) is 80.8 Å². The second-order valence-corrected chi connectivity index (χ2v) is 24.4. The number of nitrogens with zero attached hydrogens (tertiary/aromatic N) is 5. The number of hydrogen-bond acceptors (Lipinski definition) is 19. The maximum atomic E-state index is 14.3. The molecule has 87 heavy (non-hydrogen) atoms. The summed E-state index contributed by atoms with van der Waals surface area (Å²) in [6, 6.07) is 28.2. The first-order chi connectivity index (χ1) is 41.9. The van der Waals surface area contributed by atoms with Gasteiger partial charge in [-0.2, -0.15) is 0 Å². The fourth-order valence-corrected chi connectivity index (χ4v) is 13.1. The number of nitrogens with two attached hydrogens (primary N) is 1. The number of nitrogen functional groups attached to an aromatic ring is 1. The van der Waals surface area contributed by atoms with Crippen molar-refractivity contribution in [2.24, 2.45) is 0 Å². The van der Waals surface area contributed by atoms with E-state index in [1.807, 2.05) is 86.3 Å². The Balaban J connectivity index is 0.923. The molecule has 10 rings (SSSR count). The van der Waals surface area contributed by atoms with Gasteiger partial charge in [0, 0.05) is 98.2 Å². The fourth-order valence-electron chi connectivity index (χ4n) is 11.7. The van der Waals surface area contributed by atoms with Crippen LogP contribution in [0.4, 0.5) is 28.4 Å². The molecule has 1 unspecified atom stereocenters. The van der Waals surface area contributed by atoms with Gasteiger partial charge in [0.1, 0.15) is 13.2 Å². The van der Waals surface area contributed by atoms with Gasteiger partial charge in [0.25, 0.3) is 23.6 Å². The maximum absolute atomic E-state index is 14.3. The minimum atomic E-state index is -0.919. The van der Waals surface area contributed by atoms with Gasteiger partial charge in [-0.3, -0.25) is 33.7 Å². The molecule has 6 amide bonds. The van der Waals surface area contributed by atoms with Crippen LogP contribution in [0.25, 0.3) is 0 Å². The molecule has 0 saturated carbocycles. The summed E-state index contributed by atoms with van der Waals surface area (Å²) in [6.07, 6.45) is 0.778. The summed E-state index contributed by atoms with van der Waals surface area (Å²) in [5, 5.41) is 3.16. The highest BCUT2D eigenvalue weighted by Crippen LogP contribution is 2.43. The monoisotopic (exact) mass is 1210 g/mol. The van der Waals surface area contributed by atoms with E-state index in [9.17, 15) is 33.6 Å². The molecular formula is C64H73N7O15S. The van der Waals surface area contributed by atoms with Crippen molar-refractivity contribution in [3.05, 3.63) is 124 Å². The van der Waals surface area contributed by atoms with Crippen molar-refractivity contribution in [2.75, 3.05) is 106 Å². The molecule has 5 aliphatic heterocycles. The second-order valence-electron chi connectivity index (χ2n) is 22.5. The van der Waals surface area contributed by atoms with E-state index in [4.69, 9.17) is 43.7 Å². The summed E-state index contributed by atoms with van der Waals surface area (Å²) < 4.78 is 41.2. The van der Waals surface area contributed by atoms with Crippen LogP contribution in [0, 0.1) is 0 Å². The Morgan fingerprint density at radius 2 is 1.36 bits per heavy atom. The molecule has 5 aromatic rings. The maximum Gasteiger partial charge on any atom is 0.335 e. The molecule has 22 nitrogen and oxygen atoms in total. The van der Waals surface area contributed by atoms with E-state index in [1.165, 1.54) is 26.0 Å². The number of para-hydroxylation sites is 2. The number of benzene rings is 5. The number of anilines is 5. The van der Waals surface area contributed by atoms with E-state index in [1.54, 1.807) is 36.3 Å². The Labute approximate surface area is 509 Å². The lowest BCUT2D eigenvalue weighted by Gasteiger charge is -2.35. The molecule has 2 saturated heterocycles. The average Bonchev–Trinajstić information content (AvgIpc) is 1.96. The lowest BCUT2D eigenvalue weighted by molar-refractivity contribution is -0.197. The number of thioether (sulfide) groups is 1. The van der Waals surface area contributed by atoms with Gasteiger partial charge in [-0.25, -0.2) is 4.79 Å². The largest absolute Gasteiger partial charge is 0.493 e. The van der Waals surface area contributed by atoms with Crippen molar-refractivity contribution < 1.29 is 71.6 Å². The zero-order valence-corrected chi connectivity index (χ0v) is 50.6. The molecule has 0 aromatic heterocycles. The van der Waals surface area contributed by atoms with E-state index in [0.717, 1.165) is 45.1 Å². The Morgan fingerprint density at radius 3 is 2.05 bits per heavy atom. The summed E-state index contributed by atoms with van der Waals surface area (Å²) in [5.41, 5.74) is 14.3. The van der Waals surface area contributed by atoms with Gasteiger partial charge >= 0.3 is 5.97 Å². The first-order valence-corrected chi connectivity index (χ1v) is 29.9. The number of carbonyl (C=O) groups excluding carboxylic acids is 7. The average molecular weight is 1210 g/mol. The van der Waals surface area contributed by atoms with Crippen molar-refractivity contribution in [1.29, 1.82) is 0 Å². The van der Waals surface area contributed by atoms with E-state index in [2.05, 4.69) is 16.3 Å². The molecule has 460 valence electrons. The molecule has 3 N–H and O–H groups in total. The number of hydroxylamine groups is 2. The fraction of sp³-hybridized carbons (Fsp3) is 0.422. The number of methoxy groups -OCH3 is 3. The number of fused-ring (bicyclic) bond motifs is 5. The number of carbonyl (C=O) groups is 7. The standard InChI is InChI=1S/C64H73N7O15S/c1-39-25-42-11-7-9-13-50(42)69(39)61(76)46-30-52(80-5)54(32-48(46)65)84-36-40-26-41(37-85-55-33-49-47(31-53(55)81-6)62(77)70-45(35-66-49)29-43-12-8-10-14-51(43)70)28-44(27-40)67(19-20-82-23-24-83-22-21-79-4)38-64(2,3)87-56-34-59(74)68(63(56)78)18-17-60(75)86-71-57(72)15-16-58(71)73/h7-14,26-28,30-33,39,45,56,66H,15-25,29,34-38,65H2,1-6H3/t39-,45+,56?/m1/s1. The van der Waals surface area contributed by atoms with Gasteiger partial charge in [0.2, 0.25) is 11.8 Å². The third-order valence-electron chi connectivity index (χ3n) is 15.8. The van der Waals surface area contributed by atoms with Gasteiger partial charge in [-0.1, -0.05) is 36.4 Å². The third kappa shape index (κ3) is 13.9. The smallest absolute Gasteiger partial charge is 0.335 e. The lowest BCUT2D eigenvalue weighted by atomic mass is 10.1. The number of likely N-dealkylation sites (tertiary alicyclic amines) is 1. The van der Waals surface area contributed by atoms with E-state index in [0.29, 0.717) is 97.4 Å². The van der Waals surface area contributed by atoms with Crippen LogP contribution in [-0.4, -0.2) is 154 Å². The van der Waals surface area contributed by atoms with Crippen LogP contribution < -0.4 is 44.7 Å². The van der Waals surface area contributed by atoms with Crippen molar-refractivity contribution in [1.82, 2.24) is 9.96 Å². The lowest BCUT2D eigenvalue weighted by Crippen LogP contribution is -2.41. The predicted octanol–water partition coefficient (Wildman–Crippen LogP) is 7.16. The molecule has 5 aliphatic rings. The SMILES string of the molecule is COCCOCCOCCN(CC(C)(C)SC1CC(=O)N(CCC(=O)ON2C(=O)CCC2=O)C1=O)c1cc(COc2cc(N)c(C(=O)N3c4ccccc4C[C@H]3C)cc2OC)cc(COc2cc3c(cc2OC)C(=O)N2c4ccccc4C[C@H]2CN3)c1. The summed E-state index contributed by atoms with van der Waals surface area (Å²) in [7, 11) is 4.63. The van der Waals surface area contributed by atoms with Crippen LogP contribution >= 0.6 is 11.8 Å². The summed E-state index contributed by atoms with van der Waals surface area (Å²) in [5.74, 6) is -2.15. The third-order valence-corrected chi connectivity index (χ3v) is 17.2. The number of rotatable bonds is 27. The molecule has 0 bridgehead atoms. The highest BCUT2D eigenvalue weighted by atomic mass is 32.2. The normalized spacial score (nSPS) is 17.9. The molecule has 0 spiro atoms. The van der Waals surface area contributed by atoms with Crippen LogP contribution in [0.2, 0.25) is 0 Å². The molecule has 23 heteroatoms. The first kappa shape index (κ1) is 61.7. The van der Waals surface area contributed by atoms with Gasteiger partial charge in [0.05, 0.1) is 81.8 Å². The summed E-state index contributed by atoms with van der Waals surface area (Å²) in [6.45, 7) is 8.71. The minimum Gasteiger partial charge on any atom is -0.493 e. The highest BCUT2D eigenvalue weighted by Gasteiger charge is 2.43.